The number of hydrogen-bond acceptors (Lipinski definition) is 4. The SMILES string of the molecule is Cn1ccnc1[C@H](NC(=O)c1cnc(N)c(Cl)c1)c1ccccc1. The first kappa shape index (κ1) is 16.0. The van der Waals surface area contributed by atoms with E-state index >= 15 is 0 Å². The minimum atomic E-state index is -0.393. The number of imidazole rings is 1. The summed E-state index contributed by atoms with van der Waals surface area (Å²) in [7, 11) is 1.88. The number of carbonyl (C=O) groups is 1. The van der Waals surface area contributed by atoms with Crippen molar-refractivity contribution in [2.75, 3.05) is 5.73 Å². The molecule has 7 heteroatoms. The molecule has 0 aliphatic carbocycles. The highest BCUT2D eigenvalue weighted by Gasteiger charge is 2.21. The number of nitrogen functional groups attached to an aromatic ring is 1. The monoisotopic (exact) mass is 341 g/mol. The molecule has 0 aliphatic heterocycles. The van der Waals surface area contributed by atoms with Gasteiger partial charge in [-0.25, -0.2) is 9.97 Å². The fourth-order valence-corrected chi connectivity index (χ4v) is 2.55. The van der Waals surface area contributed by atoms with Crippen molar-refractivity contribution in [1.82, 2.24) is 19.9 Å². The lowest BCUT2D eigenvalue weighted by Gasteiger charge is -2.19. The second-order valence-corrected chi connectivity index (χ2v) is 5.71. The van der Waals surface area contributed by atoms with Gasteiger partial charge in [0, 0.05) is 25.6 Å². The third-order valence-corrected chi connectivity index (χ3v) is 3.96. The van der Waals surface area contributed by atoms with Crippen LogP contribution in [0.4, 0.5) is 5.82 Å². The number of nitrogens with one attached hydrogen (secondary N) is 1. The van der Waals surface area contributed by atoms with Crippen LogP contribution in [0.1, 0.15) is 27.8 Å². The molecule has 1 aromatic carbocycles. The van der Waals surface area contributed by atoms with Gasteiger partial charge < -0.3 is 15.6 Å². The van der Waals surface area contributed by atoms with Gasteiger partial charge in [-0.1, -0.05) is 41.9 Å². The summed E-state index contributed by atoms with van der Waals surface area (Å²) in [6, 6.07) is 10.7. The second-order valence-electron chi connectivity index (χ2n) is 5.30. The van der Waals surface area contributed by atoms with Gasteiger partial charge in [0.2, 0.25) is 0 Å². The molecule has 6 nitrogen and oxygen atoms in total. The van der Waals surface area contributed by atoms with Gasteiger partial charge in [-0.2, -0.15) is 0 Å². The molecule has 1 atom stereocenters. The highest BCUT2D eigenvalue weighted by atomic mass is 35.5. The first-order valence-electron chi connectivity index (χ1n) is 7.30. The molecule has 0 bridgehead atoms. The maximum atomic E-state index is 12.6. The van der Waals surface area contributed by atoms with E-state index in [1.807, 2.05) is 48.1 Å². The van der Waals surface area contributed by atoms with Crippen LogP contribution in [0.25, 0.3) is 0 Å². The van der Waals surface area contributed by atoms with E-state index in [9.17, 15) is 4.79 Å². The number of anilines is 1. The van der Waals surface area contributed by atoms with Crippen LogP contribution < -0.4 is 11.1 Å². The van der Waals surface area contributed by atoms with Gasteiger partial charge in [0.1, 0.15) is 17.7 Å². The Balaban J connectivity index is 1.93. The first-order valence-corrected chi connectivity index (χ1v) is 7.68. The molecule has 2 heterocycles. The zero-order chi connectivity index (χ0) is 17.1. The van der Waals surface area contributed by atoms with Crippen molar-refractivity contribution in [3.05, 3.63) is 77.0 Å². The minimum absolute atomic E-state index is 0.192. The van der Waals surface area contributed by atoms with E-state index in [1.54, 1.807) is 6.20 Å². The summed E-state index contributed by atoms with van der Waals surface area (Å²) >= 11 is 5.95. The van der Waals surface area contributed by atoms with Gasteiger partial charge in [-0.05, 0) is 11.6 Å². The summed E-state index contributed by atoms with van der Waals surface area (Å²) in [6.07, 6.45) is 4.93. The molecule has 3 N–H and O–H groups in total. The van der Waals surface area contributed by atoms with Crippen LogP contribution in [-0.2, 0) is 7.05 Å². The molecule has 3 aromatic rings. The molecule has 0 spiro atoms. The number of nitrogens with two attached hydrogens (primary N) is 1. The Morgan fingerprint density at radius 3 is 2.67 bits per heavy atom. The average molecular weight is 342 g/mol. The van der Waals surface area contributed by atoms with Crippen LogP contribution in [-0.4, -0.2) is 20.4 Å². The Bertz CT molecular complexity index is 862. The van der Waals surface area contributed by atoms with E-state index in [1.165, 1.54) is 12.3 Å². The lowest BCUT2D eigenvalue weighted by atomic mass is 10.1. The second kappa shape index (κ2) is 6.72. The predicted molar refractivity (Wildman–Crippen MR) is 92.6 cm³/mol. The van der Waals surface area contributed by atoms with Gasteiger partial charge in [0.15, 0.2) is 0 Å². The van der Waals surface area contributed by atoms with Crippen molar-refractivity contribution in [1.29, 1.82) is 0 Å². The summed E-state index contributed by atoms with van der Waals surface area (Å²) in [5.74, 6) is 0.613. The maximum Gasteiger partial charge on any atom is 0.253 e. The fraction of sp³-hybridized carbons (Fsp3) is 0.118. The van der Waals surface area contributed by atoms with Crippen molar-refractivity contribution in [3.63, 3.8) is 0 Å². The van der Waals surface area contributed by atoms with E-state index in [4.69, 9.17) is 17.3 Å². The Morgan fingerprint density at radius 1 is 1.29 bits per heavy atom. The zero-order valence-corrected chi connectivity index (χ0v) is 13.7. The Kier molecular flexibility index (Phi) is 4.48. The Hall–Kier alpha value is -2.86. The molecule has 24 heavy (non-hydrogen) atoms. The van der Waals surface area contributed by atoms with Crippen LogP contribution in [0, 0.1) is 0 Å². The van der Waals surface area contributed by atoms with Gasteiger partial charge in [-0.15, -0.1) is 0 Å². The Morgan fingerprint density at radius 2 is 2.04 bits per heavy atom. The van der Waals surface area contributed by atoms with E-state index in [2.05, 4.69) is 15.3 Å². The average Bonchev–Trinajstić information content (AvgIpc) is 3.01. The van der Waals surface area contributed by atoms with Crippen LogP contribution in [0.15, 0.2) is 55.0 Å². The molecule has 3 rings (SSSR count). The summed E-state index contributed by atoms with van der Waals surface area (Å²) < 4.78 is 1.87. The molecule has 0 aliphatic rings. The molecule has 0 saturated carbocycles. The van der Waals surface area contributed by atoms with Crippen LogP contribution in [0.5, 0.6) is 0 Å². The molecule has 0 saturated heterocycles. The van der Waals surface area contributed by atoms with Crippen molar-refractivity contribution in [2.24, 2.45) is 7.05 Å². The number of aromatic nitrogens is 3. The number of aryl methyl sites for hydroxylation is 1. The minimum Gasteiger partial charge on any atom is -0.382 e. The maximum absolute atomic E-state index is 12.6. The number of amides is 1. The van der Waals surface area contributed by atoms with Crippen molar-refractivity contribution >= 4 is 23.3 Å². The highest BCUT2D eigenvalue weighted by Crippen LogP contribution is 2.22. The topological polar surface area (TPSA) is 85.8 Å². The van der Waals surface area contributed by atoms with Gasteiger partial charge >= 0.3 is 0 Å². The van der Waals surface area contributed by atoms with E-state index in [0.717, 1.165) is 11.4 Å². The third-order valence-electron chi connectivity index (χ3n) is 3.66. The van der Waals surface area contributed by atoms with Crippen molar-refractivity contribution in [2.45, 2.75) is 6.04 Å². The van der Waals surface area contributed by atoms with E-state index in [0.29, 0.717) is 5.56 Å². The highest BCUT2D eigenvalue weighted by molar-refractivity contribution is 6.33. The molecule has 2 aromatic heterocycles. The number of benzene rings is 1. The summed E-state index contributed by atoms with van der Waals surface area (Å²) in [5, 5.41) is 3.22. The van der Waals surface area contributed by atoms with Gasteiger partial charge in [-0.3, -0.25) is 4.79 Å². The fourth-order valence-electron chi connectivity index (χ4n) is 2.38. The molecular weight excluding hydrogens is 326 g/mol. The number of hydrogen-bond donors (Lipinski definition) is 2. The Labute approximate surface area is 144 Å². The van der Waals surface area contributed by atoms with Crippen LogP contribution in [0.3, 0.4) is 0 Å². The lowest BCUT2D eigenvalue weighted by molar-refractivity contribution is 0.0941. The summed E-state index contributed by atoms with van der Waals surface area (Å²) in [5.41, 5.74) is 6.85. The largest absolute Gasteiger partial charge is 0.382 e. The molecule has 0 fully saturated rings. The number of nitrogens with zero attached hydrogens (tertiary/aromatic N) is 3. The first-order chi connectivity index (χ1) is 11.6. The molecule has 0 radical (unpaired) electrons. The molecule has 122 valence electrons. The quantitative estimate of drug-likeness (QED) is 0.763. The smallest absolute Gasteiger partial charge is 0.253 e. The predicted octanol–water partition coefficient (Wildman–Crippen LogP) is 2.57. The number of carbonyl (C=O) groups excluding carboxylic acids is 1. The summed E-state index contributed by atoms with van der Waals surface area (Å²) in [6.45, 7) is 0. The molecule has 1 amide bonds. The van der Waals surface area contributed by atoms with Gasteiger partial charge in [0.25, 0.3) is 5.91 Å². The lowest BCUT2D eigenvalue weighted by Crippen LogP contribution is -2.31. The van der Waals surface area contributed by atoms with Crippen molar-refractivity contribution in [3.8, 4) is 0 Å². The number of halogens is 1. The number of rotatable bonds is 4. The van der Waals surface area contributed by atoms with Crippen LogP contribution in [0.2, 0.25) is 5.02 Å². The standard InChI is InChI=1S/C17H16ClN5O/c1-23-8-7-20-16(23)14(11-5-3-2-4-6-11)22-17(24)12-9-13(18)15(19)21-10-12/h2-10,14H,1H3,(H2,19,21)(H,22,24)/t14-/m1/s1. The number of pyridine rings is 1. The third kappa shape index (κ3) is 3.23. The van der Waals surface area contributed by atoms with Crippen LogP contribution >= 0.6 is 11.6 Å². The molecular formula is C17H16ClN5O. The van der Waals surface area contributed by atoms with E-state index in [-0.39, 0.29) is 16.7 Å². The van der Waals surface area contributed by atoms with E-state index < -0.39 is 6.04 Å². The normalized spacial score (nSPS) is 11.9. The molecule has 0 unspecified atom stereocenters. The summed E-state index contributed by atoms with van der Waals surface area (Å²) in [4.78, 5) is 20.9. The van der Waals surface area contributed by atoms with Crippen molar-refractivity contribution < 1.29 is 4.79 Å². The zero-order valence-electron chi connectivity index (χ0n) is 13.0. The van der Waals surface area contributed by atoms with Gasteiger partial charge in [0.05, 0.1) is 10.6 Å².